The number of likely N-dealkylation sites (tertiary alicyclic amines) is 1. The Morgan fingerprint density at radius 1 is 1.53 bits per heavy atom. The molecule has 0 radical (unpaired) electrons. The quantitative estimate of drug-likeness (QED) is 0.668. The van der Waals surface area contributed by atoms with E-state index in [4.69, 9.17) is 10.5 Å². The van der Waals surface area contributed by atoms with Gasteiger partial charge in [0.05, 0.1) is 0 Å². The lowest BCUT2D eigenvalue weighted by atomic mass is 10.0. The van der Waals surface area contributed by atoms with Crippen molar-refractivity contribution in [3.8, 4) is 0 Å². The van der Waals surface area contributed by atoms with Crippen LogP contribution in [0, 0.1) is 0 Å². The van der Waals surface area contributed by atoms with Crippen molar-refractivity contribution in [3.63, 3.8) is 0 Å². The van der Waals surface area contributed by atoms with Crippen LogP contribution in [0.25, 0.3) is 0 Å². The molecule has 0 aromatic carbocycles. The van der Waals surface area contributed by atoms with Crippen LogP contribution in [-0.4, -0.2) is 34.7 Å². The monoisotopic (exact) mass is 214 g/mol. The van der Waals surface area contributed by atoms with Crippen LogP contribution < -0.4 is 5.73 Å². The molecular weight excluding hydrogens is 192 g/mol. The number of carbonyl (C=O) groups is 1. The van der Waals surface area contributed by atoms with Gasteiger partial charge in [0.15, 0.2) is 0 Å². The molecule has 2 N–H and O–H groups in total. The summed E-state index contributed by atoms with van der Waals surface area (Å²) in [5.41, 5.74) is 5.29. The summed E-state index contributed by atoms with van der Waals surface area (Å²) in [6.45, 7) is 10.1. The number of hydrogen-bond acceptors (Lipinski definition) is 3. The van der Waals surface area contributed by atoms with Crippen LogP contribution in [0.5, 0.6) is 0 Å². The summed E-state index contributed by atoms with van der Waals surface area (Å²) < 4.78 is 5.32. The third kappa shape index (κ3) is 3.38. The van der Waals surface area contributed by atoms with Gasteiger partial charge in [-0.15, -0.1) is 0 Å². The number of carbonyl (C=O) groups excluding carboxylic acids is 1. The largest absolute Gasteiger partial charge is 0.444 e. The van der Waals surface area contributed by atoms with Crippen LogP contribution in [0.15, 0.2) is 0 Å². The summed E-state index contributed by atoms with van der Waals surface area (Å²) in [5.74, 6) is 0. The highest BCUT2D eigenvalue weighted by molar-refractivity contribution is 5.69. The zero-order valence-electron chi connectivity index (χ0n) is 10.3. The van der Waals surface area contributed by atoms with Gasteiger partial charge in [0.1, 0.15) is 5.60 Å². The number of amides is 1. The van der Waals surface area contributed by atoms with Gasteiger partial charge in [-0.25, -0.2) is 4.79 Å². The molecule has 2 unspecified atom stereocenters. The lowest BCUT2D eigenvalue weighted by molar-refractivity contribution is 0.0232. The molecular formula is C11H22N2O2. The van der Waals surface area contributed by atoms with Gasteiger partial charge >= 0.3 is 6.09 Å². The molecule has 1 saturated heterocycles. The molecule has 1 heterocycles. The highest BCUT2D eigenvalue weighted by atomic mass is 16.6. The third-order valence-electron chi connectivity index (χ3n) is 2.45. The average molecular weight is 214 g/mol. The summed E-state index contributed by atoms with van der Waals surface area (Å²) in [7, 11) is 0. The van der Waals surface area contributed by atoms with Gasteiger partial charge in [-0.3, -0.25) is 0 Å². The second-order valence-electron chi connectivity index (χ2n) is 5.82. The second kappa shape index (κ2) is 3.67. The topological polar surface area (TPSA) is 55.6 Å². The number of rotatable bonds is 0. The standard InChI is InChI=1S/C11H22N2O2/c1-8-6-11(5,12)7-13(8)9(14)15-10(2,3)4/h8H,6-7,12H2,1-5H3. The van der Waals surface area contributed by atoms with Crippen molar-refractivity contribution >= 4 is 6.09 Å². The van der Waals surface area contributed by atoms with Crippen LogP contribution >= 0.6 is 0 Å². The van der Waals surface area contributed by atoms with E-state index in [0.717, 1.165) is 6.42 Å². The van der Waals surface area contributed by atoms with Gasteiger partial charge in [-0.1, -0.05) is 0 Å². The number of hydrogen-bond donors (Lipinski definition) is 1. The maximum Gasteiger partial charge on any atom is 0.410 e. The van der Waals surface area contributed by atoms with Crippen molar-refractivity contribution in [1.82, 2.24) is 4.90 Å². The molecule has 2 atom stereocenters. The van der Waals surface area contributed by atoms with Crippen molar-refractivity contribution in [2.75, 3.05) is 6.54 Å². The number of nitrogens with two attached hydrogens (primary N) is 1. The second-order valence-corrected chi connectivity index (χ2v) is 5.82. The molecule has 15 heavy (non-hydrogen) atoms. The van der Waals surface area contributed by atoms with E-state index in [2.05, 4.69) is 0 Å². The SMILES string of the molecule is CC1CC(C)(N)CN1C(=O)OC(C)(C)C. The highest BCUT2D eigenvalue weighted by Crippen LogP contribution is 2.26. The Kier molecular flexibility index (Phi) is 3.01. The lowest BCUT2D eigenvalue weighted by Gasteiger charge is -2.27. The molecule has 1 fully saturated rings. The Bertz CT molecular complexity index is 256. The van der Waals surface area contributed by atoms with Crippen LogP contribution in [0.3, 0.4) is 0 Å². The van der Waals surface area contributed by atoms with Crippen molar-refractivity contribution in [2.45, 2.75) is 58.2 Å². The fraction of sp³-hybridized carbons (Fsp3) is 0.909. The Balaban J connectivity index is 2.62. The predicted octanol–water partition coefficient (Wildman–Crippen LogP) is 1.73. The molecule has 0 spiro atoms. The van der Waals surface area contributed by atoms with Gasteiger partial charge in [0, 0.05) is 18.1 Å². The van der Waals surface area contributed by atoms with Gasteiger partial charge in [0.25, 0.3) is 0 Å². The molecule has 0 bridgehead atoms. The first kappa shape index (κ1) is 12.3. The minimum Gasteiger partial charge on any atom is -0.444 e. The van der Waals surface area contributed by atoms with Gasteiger partial charge < -0.3 is 15.4 Å². The Hall–Kier alpha value is -0.770. The minimum atomic E-state index is -0.440. The summed E-state index contributed by atoms with van der Waals surface area (Å²) in [6, 6.07) is 0.162. The van der Waals surface area contributed by atoms with Gasteiger partial charge in [0.2, 0.25) is 0 Å². The Morgan fingerprint density at radius 3 is 2.40 bits per heavy atom. The van der Waals surface area contributed by atoms with E-state index in [9.17, 15) is 4.79 Å². The summed E-state index contributed by atoms with van der Waals surface area (Å²) >= 11 is 0. The predicted molar refractivity (Wildman–Crippen MR) is 59.6 cm³/mol. The molecule has 0 saturated carbocycles. The molecule has 88 valence electrons. The van der Waals surface area contributed by atoms with E-state index in [-0.39, 0.29) is 17.7 Å². The third-order valence-corrected chi connectivity index (χ3v) is 2.45. The highest BCUT2D eigenvalue weighted by Gasteiger charge is 2.39. The van der Waals surface area contributed by atoms with E-state index in [1.807, 2.05) is 34.6 Å². The minimum absolute atomic E-state index is 0.162. The normalized spacial score (nSPS) is 31.9. The molecule has 1 aliphatic heterocycles. The van der Waals surface area contributed by atoms with Crippen LogP contribution in [-0.2, 0) is 4.74 Å². The molecule has 0 aromatic rings. The molecule has 1 aliphatic rings. The first-order valence-electron chi connectivity index (χ1n) is 5.39. The van der Waals surface area contributed by atoms with E-state index in [1.165, 1.54) is 0 Å². The van der Waals surface area contributed by atoms with E-state index < -0.39 is 5.60 Å². The van der Waals surface area contributed by atoms with Gasteiger partial charge in [-0.05, 0) is 41.0 Å². The molecule has 1 rings (SSSR count). The summed E-state index contributed by atoms with van der Waals surface area (Å²) in [4.78, 5) is 13.5. The fourth-order valence-electron chi connectivity index (χ4n) is 1.96. The lowest BCUT2D eigenvalue weighted by Crippen LogP contribution is -2.43. The molecule has 0 aromatic heterocycles. The number of ether oxygens (including phenoxy) is 1. The van der Waals surface area contributed by atoms with Gasteiger partial charge in [-0.2, -0.15) is 0 Å². The van der Waals surface area contributed by atoms with E-state index >= 15 is 0 Å². The van der Waals surface area contributed by atoms with E-state index in [1.54, 1.807) is 4.90 Å². The summed E-state index contributed by atoms with van der Waals surface area (Å²) in [6.07, 6.45) is 0.566. The molecule has 4 nitrogen and oxygen atoms in total. The first-order valence-corrected chi connectivity index (χ1v) is 5.39. The van der Waals surface area contributed by atoms with Crippen LogP contribution in [0.1, 0.15) is 41.0 Å². The Labute approximate surface area is 91.8 Å². The Morgan fingerprint density at radius 2 is 2.07 bits per heavy atom. The van der Waals surface area contributed by atoms with Crippen molar-refractivity contribution in [1.29, 1.82) is 0 Å². The average Bonchev–Trinajstić information content (AvgIpc) is 2.20. The smallest absolute Gasteiger partial charge is 0.410 e. The van der Waals surface area contributed by atoms with Crippen molar-refractivity contribution < 1.29 is 9.53 Å². The maximum atomic E-state index is 11.8. The zero-order chi connectivity index (χ0) is 11.9. The van der Waals surface area contributed by atoms with Crippen molar-refractivity contribution in [2.24, 2.45) is 5.73 Å². The first-order chi connectivity index (χ1) is 6.61. The maximum absolute atomic E-state index is 11.8. The molecule has 4 heteroatoms. The van der Waals surface area contributed by atoms with Crippen molar-refractivity contribution in [3.05, 3.63) is 0 Å². The summed E-state index contributed by atoms with van der Waals surface area (Å²) in [5, 5.41) is 0. The molecule has 1 amide bonds. The van der Waals surface area contributed by atoms with E-state index in [0.29, 0.717) is 6.54 Å². The van der Waals surface area contributed by atoms with Crippen LogP contribution in [0.4, 0.5) is 4.79 Å². The molecule has 0 aliphatic carbocycles. The fourth-order valence-corrected chi connectivity index (χ4v) is 1.96. The number of nitrogens with zero attached hydrogens (tertiary/aromatic N) is 1. The van der Waals surface area contributed by atoms with Crippen LogP contribution in [0.2, 0.25) is 0 Å². The zero-order valence-corrected chi connectivity index (χ0v) is 10.3.